The van der Waals surface area contributed by atoms with Crippen molar-refractivity contribution < 1.29 is 4.74 Å². The Hall–Kier alpha value is -1.36. The molecular weight excluding hydrogens is 238 g/mol. The van der Waals surface area contributed by atoms with E-state index in [1.165, 1.54) is 16.5 Å². The predicted molar refractivity (Wildman–Crippen MR) is 79.4 cm³/mol. The number of rotatable bonds is 9. The number of methoxy groups -OCH3 is 1. The van der Waals surface area contributed by atoms with Crippen molar-refractivity contribution in [2.24, 2.45) is 0 Å². The van der Waals surface area contributed by atoms with E-state index < -0.39 is 0 Å². The van der Waals surface area contributed by atoms with Crippen LogP contribution in [-0.2, 0) is 11.3 Å². The number of hydrogen-bond acceptors (Lipinski definition) is 3. The van der Waals surface area contributed by atoms with E-state index in [0.29, 0.717) is 0 Å². The minimum absolute atomic E-state index is 0.781. The van der Waals surface area contributed by atoms with Crippen molar-refractivity contribution in [2.45, 2.75) is 13.0 Å². The molecule has 0 aliphatic heterocycles. The predicted octanol–water partition coefficient (Wildman–Crippen LogP) is 1.88. The topological polar surface area (TPSA) is 49.1 Å². The van der Waals surface area contributed by atoms with Gasteiger partial charge in [0.15, 0.2) is 0 Å². The van der Waals surface area contributed by atoms with Crippen LogP contribution in [0.3, 0.4) is 0 Å². The molecule has 1 heterocycles. The summed E-state index contributed by atoms with van der Waals surface area (Å²) in [5, 5.41) is 8.14. The molecule has 0 fully saturated rings. The van der Waals surface area contributed by atoms with Crippen LogP contribution in [0.5, 0.6) is 0 Å². The molecule has 1 aromatic carbocycles. The first kappa shape index (κ1) is 14.1. The molecule has 0 unspecified atom stereocenters. The first-order valence-electron chi connectivity index (χ1n) is 6.87. The maximum Gasteiger partial charge on any atom is 0.0587 e. The van der Waals surface area contributed by atoms with Crippen LogP contribution in [-0.4, -0.2) is 38.3 Å². The van der Waals surface area contributed by atoms with Crippen molar-refractivity contribution in [3.63, 3.8) is 0 Å². The second-order valence-electron chi connectivity index (χ2n) is 4.63. The summed E-state index contributed by atoms with van der Waals surface area (Å²) in [6.45, 7) is 4.70. The minimum Gasteiger partial charge on any atom is -0.383 e. The van der Waals surface area contributed by atoms with Crippen LogP contribution >= 0.6 is 0 Å². The second kappa shape index (κ2) is 7.94. The molecule has 0 aliphatic carbocycles. The van der Waals surface area contributed by atoms with E-state index in [1.807, 2.05) is 6.20 Å². The average Bonchev–Trinajstić information content (AvgIpc) is 2.91. The number of fused-ring (bicyclic) bond motifs is 1. The first-order chi connectivity index (χ1) is 9.42. The van der Waals surface area contributed by atoms with Gasteiger partial charge in [0, 0.05) is 37.3 Å². The number of nitrogens with one attached hydrogen (secondary N) is 3. The molecule has 3 N–H and O–H groups in total. The van der Waals surface area contributed by atoms with Crippen LogP contribution in [0.1, 0.15) is 12.0 Å². The maximum atomic E-state index is 4.98. The third-order valence-electron chi connectivity index (χ3n) is 3.19. The van der Waals surface area contributed by atoms with Crippen molar-refractivity contribution >= 4 is 10.9 Å². The third-order valence-corrected chi connectivity index (χ3v) is 3.19. The zero-order valence-electron chi connectivity index (χ0n) is 11.5. The van der Waals surface area contributed by atoms with Crippen molar-refractivity contribution in [3.05, 3.63) is 36.0 Å². The summed E-state index contributed by atoms with van der Waals surface area (Å²) in [5.41, 5.74) is 2.56. The lowest BCUT2D eigenvalue weighted by Gasteiger charge is -2.07. The molecule has 2 rings (SSSR count). The van der Waals surface area contributed by atoms with Crippen molar-refractivity contribution in [2.75, 3.05) is 33.4 Å². The number of hydrogen-bond donors (Lipinski definition) is 3. The highest BCUT2D eigenvalue weighted by molar-refractivity contribution is 5.82. The van der Waals surface area contributed by atoms with E-state index in [9.17, 15) is 0 Å². The highest BCUT2D eigenvalue weighted by atomic mass is 16.5. The van der Waals surface area contributed by atoms with Crippen molar-refractivity contribution in [1.82, 2.24) is 15.6 Å². The van der Waals surface area contributed by atoms with Gasteiger partial charge in [0.25, 0.3) is 0 Å². The van der Waals surface area contributed by atoms with E-state index >= 15 is 0 Å². The van der Waals surface area contributed by atoms with Crippen LogP contribution in [0.2, 0.25) is 0 Å². The van der Waals surface area contributed by atoms with Gasteiger partial charge >= 0.3 is 0 Å². The van der Waals surface area contributed by atoms with Gasteiger partial charge in [-0.3, -0.25) is 0 Å². The Morgan fingerprint density at radius 1 is 1.11 bits per heavy atom. The fraction of sp³-hybridized carbons (Fsp3) is 0.467. The normalized spacial score (nSPS) is 11.2. The molecule has 19 heavy (non-hydrogen) atoms. The maximum absolute atomic E-state index is 4.98. The summed E-state index contributed by atoms with van der Waals surface area (Å²) in [6.07, 6.45) is 3.13. The van der Waals surface area contributed by atoms with Gasteiger partial charge in [-0.25, -0.2) is 0 Å². The third kappa shape index (κ3) is 4.35. The van der Waals surface area contributed by atoms with Crippen LogP contribution in [0, 0.1) is 0 Å². The van der Waals surface area contributed by atoms with E-state index in [2.05, 4.69) is 39.9 Å². The molecule has 0 atom stereocenters. The lowest BCUT2D eigenvalue weighted by molar-refractivity contribution is 0.199. The molecule has 4 nitrogen and oxygen atoms in total. The number of aromatic amines is 1. The molecule has 0 radical (unpaired) electrons. The Morgan fingerprint density at radius 2 is 2.00 bits per heavy atom. The Bertz CT molecular complexity index is 481. The monoisotopic (exact) mass is 261 g/mol. The number of aromatic nitrogens is 1. The van der Waals surface area contributed by atoms with Gasteiger partial charge in [0.2, 0.25) is 0 Å². The highest BCUT2D eigenvalue weighted by Crippen LogP contribution is 2.16. The Balaban J connectivity index is 1.64. The summed E-state index contributed by atoms with van der Waals surface area (Å²) < 4.78 is 4.98. The summed E-state index contributed by atoms with van der Waals surface area (Å²) in [5.74, 6) is 0. The average molecular weight is 261 g/mol. The largest absolute Gasteiger partial charge is 0.383 e. The molecule has 4 heteroatoms. The van der Waals surface area contributed by atoms with Crippen molar-refractivity contribution in [3.8, 4) is 0 Å². The standard InChI is InChI=1S/C15H23N3O/c1-19-11-10-16-7-3-8-17-12-13-4-2-5-15-14(13)6-9-18-15/h2,4-6,9,16-18H,3,7-8,10-12H2,1H3. The summed E-state index contributed by atoms with van der Waals surface area (Å²) >= 11 is 0. The van der Waals surface area contributed by atoms with Crippen LogP contribution in [0.15, 0.2) is 30.5 Å². The van der Waals surface area contributed by atoms with Crippen LogP contribution in [0.25, 0.3) is 10.9 Å². The first-order valence-corrected chi connectivity index (χ1v) is 6.87. The summed E-state index contributed by atoms with van der Waals surface area (Å²) in [4.78, 5) is 3.24. The number of benzene rings is 1. The van der Waals surface area contributed by atoms with E-state index in [4.69, 9.17) is 4.74 Å². The van der Waals surface area contributed by atoms with Crippen LogP contribution in [0.4, 0.5) is 0 Å². The summed E-state index contributed by atoms with van der Waals surface area (Å²) in [7, 11) is 1.73. The Morgan fingerprint density at radius 3 is 2.89 bits per heavy atom. The minimum atomic E-state index is 0.781. The smallest absolute Gasteiger partial charge is 0.0587 e. The quantitative estimate of drug-likeness (QED) is 0.604. The van der Waals surface area contributed by atoms with Gasteiger partial charge in [-0.2, -0.15) is 0 Å². The molecule has 2 aromatic rings. The molecule has 1 aromatic heterocycles. The fourth-order valence-electron chi connectivity index (χ4n) is 2.17. The fourth-order valence-corrected chi connectivity index (χ4v) is 2.17. The van der Waals surface area contributed by atoms with Gasteiger partial charge in [0.05, 0.1) is 6.61 Å². The van der Waals surface area contributed by atoms with Gasteiger partial charge in [-0.15, -0.1) is 0 Å². The molecular formula is C15H23N3O. The number of ether oxygens (including phenoxy) is 1. The van der Waals surface area contributed by atoms with E-state index in [1.54, 1.807) is 7.11 Å². The zero-order chi connectivity index (χ0) is 13.3. The number of H-pyrrole nitrogens is 1. The van der Waals surface area contributed by atoms with Crippen LogP contribution < -0.4 is 10.6 Å². The lowest BCUT2D eigenvalue weighted by atomic mass is 10.1. The molecule has 0 bridgehead atoms. The van der Waals surface area contributed by atoms with Gasteiger partial charge in [-0.1, -0.05) is 12.1 Å². The van der Waals surface area contributed by atoms with Gasteiger partial charge in [0.1, 0.15) is 0 Å². The summed E-state index contributed by atoms with van der Waals surface area (Å²) in [6, 6.07) is 8.53. The van der Waals surface area contributed by atoms with Gasteiger partial charge in [-0.05, 0) is 37.2 Å². The Kier molecular flexibility index (Phi) is 5.88. The SMILES string of the molecule is COCCNCCCNCc1cccc2[nH]ccc12. The highest BCUT2D eigenvalue weighted by Gasteiger charge is 2.00. The molecule has 0 saturated heterocycles. The second-order valence-corrected chi connectivity index (χ2v) is 4.63. The molecule has 0 amide bonds. The molecule has 0 spiro atoms. The molecule has 0 saturated carbocycles. The Labute approximate surface area is 114 Å². The van der Waals surface area contributed by atoms with E-state index in [-0.39, 0.29) is 0 Å². The van der Waals surface area contributed by atoms with Gasteiger partial charge < -0.3 is 20.4 Å². The van der Waals surface area contributed by atoms with Crippen molar-refractivity contribution in [1.29, 1.82) is 0 Å². The zero-order valence-corrected chi connectivity index (χ0v) is 11.5. The molecule has 104 valence electrons. The van der Waals surface area contributed by atoms with E-state index in [0.717, 1.165) is 39.2 Å². The molecule has 0 aliphatic rings. The lowest BCUT2D eigenvalue weighted by Crippen LogP contribution is -2.24.